The maximum atomic E-state index is 12.8. The van der Waals surface area contributed by atoms with E-state index >= 15 is 0 Å². The molecule has 2 aliphatic rings. The third-order valence-electron chi connectivity index (χ3n) is 4.69. The van der Waals surface area contributed by atoms with Crippen molar-refractivity contribution in [3.05, 3.63) is 41.1 Å². The summed E-state index contributed by atoms with van der Waals surface area (Å²) in [7, 11) is 0. The van der Waals surface area contributed by atoms with Crippen molar-refractivity contribution in [2.45, 2.75) is 57.3 Å². The maximum Gasteiger partial charge on any atom is 0.227 e. The van der Waals surface area contributed by atoms with Crippen molar-refractivity contribution in [1.29, 1.82) is 0 Å². The highest BCUT2D eigenvalue weighted by molar-refractivity contribution is 7.99. The minimum absolute atomic E-state index is 0.125. The van der Waals surface area contributed by atoms with Gasteiger partial charge in [0.15, 0.2) is 5.78 Å². The zero-order valence-electron chi connectivity index (χ0n) is 15.9. The number of fused-ring (bicyclic) bond motifs is 1. The van der Waals surface area contributed by atoms with Crippen LogP contribution in [-0.4, -0.2) is 32.4 Å². The van der Waals surface area contributed by atoms with E-state index in [0.29, 0.717) is 12.4 Å². The van der Waals surface area contributed by atoms with E-state index in [0.717, 1.165) is 46.3 Å². The first-order valence-corrected chi connectivity index (χ1v) is 10.4. The molecule has 1 aromatic heterocycles. The molecule has 0 spiro atoms. The molecule has 2 heterocycles. The number of aromatic nitrogens is 3. The summed E-state index contributed by atoms with van der Waals surface area (Å²) in [6.45, 7) is 6.09. The van der Waals surface area contributed by atoms with Gasteiger partial charge >= 0.3 is 0 Å². The van der Waals surface area contributed by atoms with Crippen LogP contribution in [0.15, 0.2) is 40.7 Å². The zero-order valence-corrected chi connectivity index (χ0v) is 16.7. The molecule has 0 saturated carbocycles. The predicted molar refractivity (Wildman–Crippen MR) is 106 cm³/mol. The number of ketones is 1. The number of allylic oxidation sites excluding steroid dienone is 2. The van der Waals surface area contributed by atoms with E-state index in [1.807, 2.05) is 42.8 Å². The largest absolute Gasteiger partial charge is 0.491 e. The molecule has 0 radical (unpaired) electrons. The molecule has 0 bridgehead atoms. The average molecular weight is 385 g/mol. The Labute approximate surface area is 163 Å². The van der Waals surface area contributed by atoms with Gasteiger partial charge in [0.25, 0.3) is 0 Å². The number of hydrogen-bond acceptors (Lipinski definition) is 6. The van der Waals surface area contributed by atoms with Crippen molar-refractivity contribution in [3.63, 3.8) is 0 Å². The number of ether oxygens (including phenoxy) is 1. The van der Waals surface area contributed by atoms with Crippen LogP contribution in [0.1, 0.15) is 51.6 Å². The SMILES string of the molecule is CCSc1nc2n(n1)C(c1ccc(OC(C)C)cc1)C1=C(CCCC1=O)N2. The van der Waals surface area contributed by atoms with Gasteiger partial charge in [-0.15, -0.1) is 5.10 Å². The molecule has 0 fully saturated rings. The first kappa shape index (κ1) is 18.1. The van der Waals surface area contributed by atoms with Crippen LogP contribution in [0.3, 0.4) is 0 Å². The highest BCUT2D eigenvalue weighted by Gasteiger charge is 2.36. The topological polar surface area (TPSA) is 69.0 Å². The molecule has 1 unspecified atom stereocenters. The van der Waals surface area contributed by atoms with Gasteiger partial charge in [-0.25, -0.2) is 4.68 Å². The molecule has 0 saturated heterocycles. The lowest BCUT2D eigenvalue weighted by Gasteiger charge is -2.32. The minimum Gasteiger partial charge on any atom is -0.491 e. The second-order valence-electron chi connectivity index (χ2n) is 7.03. The number of carbonyl (C=O) groups is 1. The Balaban J connectivity index is 1.77. The normalized spacial score (nSPS) is 19.0. The quantitative estimate of drug-likeness (QED) is 0.779. The lowest BCUT2D eigenvalue weighted by molar-refractivity contribution is -0.116. The van der Waals surface area contributed by atoms with E-state index in [1.165, 1.54) is 0 Å². The molecule has 0 amide bonds. The van der Waals surface area contributed by atoms with Crippen molar-refractivity contribution >= 4 is 23.5 Å². The van der Waals surface area contributed by atoms with Crippen LogP contribution >= 0.6 is 11.8 Å². The van der Waals surface area contributed by atoms with Crippen molar-refractivity contribution in [1.82, 2.24) is 14.8 Å². The van der Waals surface area contributed by atoms with Gasteiger partial charge in [0.05, 0.1) is 6.10 Å². The highest BCUT2D eigenvalue weighted by Crippen LogP contribution is 2.40. The standard InChI is InChI=1S/C20H24N4O2S/c1-4-27-20-22-19-21-15-6-5-7-16(25)17(15)18(24(19)23-20)13-8-10-14(11-9-13)26-12(2)3/h8-12,18H,4-7H2,1-3H3,(H,21,22,23). The van der Waals surface area contributed by atoms with Crippen LogP contribution in [0.4, 0.5) is 5.95 Å². The van der Waals surface area contributed by atoms with Crippen LogP contribution < -0.4 is 10.1 Å². The predicted octanol–water partition coefficient (Wildman–Crippen LogP) is 4.20. The maximum absolute atomic E-state index is 12.8. The fraction of sp³-hybridized carbons (Fsp3) is 0.450. The van der Waals surface area contributed by atoms with Crippen LogP contribution in [0, 0.1) is 0 Å². The second kappa shape index (κ2) is 7.38. The van der Waals surface area contributed by atoms with E-state index in [4.69, 9.17) is 4.74 Å². The Morgan fingerprint density at radius 2 is 2.07 bits per heavy atom. The van der Waals surface area contributed by atoms with Gasteiger partial charge in [-0.05, 0) is 50.1 Å². The molecule has 2 aromatic rings. The summed E-state index contributed by atoms with van der Waals surface area (Å²) >= 11 is 1.60. The zero-order chi connectivity index (χ0) is 19.0. The van der Waals surface area contributed by atoms with Gasteiger partial charge in [0.2, 0.25) is 11.1 Å². The molecular weight excluding hydrogens is 360 g/mol. The number of thioether (sulfide) groups is 1. The Bertz CT molecular complexity index is 886. The van der Waals surface area contributed by atoms with Crippen LogP contribution in [-0.2, 0) is 4.79 Å². The van der Waals surface area contributed by atoms with E-state index in [2.05, 4.69) is 22.3 Å². The Hall–Kier alpha value is -2.28. The fourth-order valence-electron chi connectivity index (χ4n) is 3.64. The summed E-state index contributed by atoms with van der Waals surface area (Å²) in [5.74, 6) is 2.64. The average Bonchev–Trinajstić information content (AvgIpc) is 3.03. The number of benzene rings is 1. The highest BCUT2D eigenvalue weighted by atomic mass is 32.2. The van der Waals surface area contributed by atoms with E-state index < -0.39 is 0 Å². The third-order valence-corrected chi connectivity index (χ3v) is 5.41. The summed E-state index contributed by atoms with van der Waals surface area (Å²) < 4.78 is 7.62. The van der Waals surface area contributed by atoms with Crippen molar-refractivity contribution in [3.8, 4) is 5.75 Å². The third kappa shape index (κ3) is 3.48. The van der Waals surface area contributed by atoms with Crippen molar-refractivity contribution in [2.24, 2.45) is 0 Å². The van der Waals surface area contributed by atoms with Crippen molar-refractivity contribution < 1.29 is 9.53 Å². The summed E-state index contributed by atoms with van der Waals surface area (Å²) in [6.07, 6.45) is 2.46. The fourth-order valence-corrected chi connectivity index (χ4v) is 4.19. The van der Waals surface area contributed by atoms with Gasteiger partial charge in [-0.1, -0.05) is 30.8 Å². The molecule has 1 aromatic carbocycles. The summed E-state index contributed by atoms with van der Waals surface area (Å²) in [4.78, 5) is 17.4. The Morgan fingerprint density at radius 1 is 1.30 bits per heavy atom. The first-order valence-electron chi connectivity index (χ1n) is 9.46. The Morgan fingerprint density at radius 3 is 2.78 bits per heavy atom. The summed E-state index contributed by atoms with van der Waals surface area (Å²) in [5.41, 5.74) is 2.84. The monoisotopic (exact) mass is 384 g/mol. The Kier molecular flexibility index (Phi) is 4.95. The number of Topliss-reactive ketones (excluding diaryl/α,β-unsaturated/α-hetero) is 1. The molecule has 7 heteroatoms. The molecule has 27 heavy (non-hydrogen) atoms. The number of rotatable bonds is 5. The number of hydrogen-bond donors (Lipinski definition) is 1. The molecule has 1 N–H and O–H groups in total. The number of anilines is 1. The van der Waals surface area contributed by atoms with Crippen LogP contribution in [0.5, 0.6) is 5.75 Å². The minimum atomic E-state index is -0.240. The lowest BCUT2D eigenvalue weighted by Crippen LogP contribution is -2.31. The summed E-state index contributed by atoms with van der Waals surface area (Å²) in [5, 5.41) is 8.77. The molecule has 1 atom stereocenters. The van der Waals surface area contributed by atoms with Gasteiger partial charge in [0, 0.05) is 17.7 Å². The number of nitrogens with zero attached hydrogens (tertiary/aromatic N) is 3. The molecule has 142 valence electrons. The van der Waals surface area contributed by atoms with Gasteiger partial charge in [-0.2, -0.15) is 4.98 Å². The molecule has 6 nitrogen and oxygen atoms in total. The van der Waals surface area contributed by atoms with Gasteiger partial charge in [0.1, 0.15) is 11.8 Å². The lowest BCUT2D eigenvalue weighted by atomic mass is 9.85. The van der Waals surface area contributed by atoms with E-state index in [1.54, 1.807) is 11.8 Å². The first-order chi connectivity index (χ1) is 13.1. The van der Waals surface area contributed by atoms with E-state index in [9.17, 15) is 4.79 Å². The molecule has 1 aliphatic carbocycles. The molecule has 4 rings (SSSR count). The molecular formula is C20H24N4O2S. The summed E-state index contributed by atoms with van der Waals surface area (Å²) in [6, 6.07) is 7.74. The van der Waals surface area contributed by atoms with E-state index in [-0.39, 0.29) is 17.9 Å². The number of nitrogens with one attached hydrogen (secondary N) is 1. The van der Waals surface area contributed by atoms with Crippen LogP contribution in [0.25, 0.3) is 0 Å². The van der Waals surface area contributed by atoms with Crippen LogP contribution in [0.2, 0.25) is 0 Å². The number of carbonyl (C=O) groups excluding carboxylic acids is 1. The molecule has 1 aliphatic heterocycles. The van der Waals surface area contributed by atoms with Gasteiger partial charge in [-0.3, -0.25) is 4.79 Å². The van der Waals surface area contributed by atoms with Crippen molar-refractivity contribution in [2.75, 3.05) is 11.1 Å². The smallest absolute Gasteiger partial charge is 0.227 e. The van der Waals surface area contributed by atoms with Gasteiger partial charge < -0.3 is 10.1 Å². The second-order valence-corrected chi connectivity index (χ2v) is 8.26.